The van der Waals surface area contributed by atoms with Crippen molar-refractivity contribution in [1.29, 1.82) is 0 Å². The van der Waals surface area contributed by atoms with Crippen LogP contribution in [-0.4, -0.2) is 16.3 Å². The molecule has 1 aliphatic heterocycles. The highest BCUT2D eigenvalue weighted by Gasteiger charge is 2.25. The molecule has 1 aliphatic carbocycles. The van der Waals surface area contributed by atoms with E-state index in [0.29, 0.717) is 0 Å². The number of halogens is 1. The van der Waals surface area contributed by atoms with E-state index in [-0.39, 0.29) is 0 Å². The van der Waals surface area contributed by atoms with E-state index < -0.39 is 0 Å². The van der Waals surface area contributed by atoms with Gasteiger partial charge in [0, 0.05) is 31.6 Å². The van der Waals surface area contributed by atoms with Crippen LogP contribution in [0.5, 0.6) is 0 Å². The van der Waals surface area contributed by atoms with Gasteiger partial charge in [-0.15, -0.1) is 0 Å². The van der Waals surface area contributed by atoms with Crippen molar-refractivity contribution in [3.8, 4) is 0 Å². The smallest absolute Gasteiger partial charge is 0.104 e. The molecule has 1 aromatic heterocycles. The minimum absolute atomic E-state index is 0.915. The first-order valence-electron chi connectivity index (χ1n) is 5.29. The Hall–Kier alpha value is -0.100. The number of rotatable bonds is 2. The van der Waals surface area contributed by atoms with Crippen LogP contribution in [0.3, 0.4) is 0 Å². The van der Waals surface area contributed by atoms with Crippen LogP contribution in [0.4, 0.5) is 0 Å². The summed E-state index contributed by atoms with van der Waals surface area (Å²) in [5.74, 6) is 0.915. The molecule has 0 atom stereocenters. The summed E-state index contributed by atoms with van der Waals surface area (Å²) in [5.41, 5.74) is 2.77. The van der Waals surface area contributed by atoms with Gasteiger partial charge in [0.25, 0.3) is 0 Å². The fourth-order valence-corrected chi connectivity index (χ4v) is 2.79. The molecule has 0 saturated heterocycles. The zero-order valence-corrected chi connectivity index (χ0v) is 10.2. The second-order valence-electron chi connectivity index (χ2n) is 4.27. The first kappa shape index (κ1) is 9.15. The number of hydrogen-bond acceptors (Lipinski definition) is 2. The van der Waals surface area contributed by atoms with E-state index in [1.165, 1.54) is 27.8 Å². The molecule has 14 heavy (non-hydrogen) atoms. The van der Waals surface area contributed by atoms with Crippen LogP contribution in [0, 0.1) is 9.62 Å². The summed E-state index contributed by atoms with van der Waals surface area (Å²) in [6.07, 6.45) is 3.90. The molecule has 2 heterocycles. The van der Waals surface area contributed by atoms with Gasteiger partial charge in [0.2, 0.25) is 0 Å². The summed E-state index contributed by atoms with van der Waals surface area (Å²) < 4.78 is 3.58. The minimum atomic E-state index is 0.915. The molecule has 3 rings (SSSR count). The summed E-state index contributed by atoms with van der Waals surface area (Å²) >= 11 is 2.44. The Morgan fingerprint density at radius 2 is 2.36 bits per heavy atom. The predicted molar refractivity (Wildman–Crippen MR) is 63.1 cm³/mol. The van der Waals surface area contributed by atoms with E-state index >= 15 is 0 Å². The van der Waals surface area contributed by atoms with Crippen molar-refractivity contribution in [3.63, 3.8) is 0 Å². The standard InChI is InChI=1S/C10H14IN3/c11-10-8-5-12-4-3-9(8)13-14(10)6-7-1-2-7/h7,12H,1-6H2. The second kappa shape index (κ2) is 3.48. The molecule has 3 nitrogen and oxygen atoms in total. The molecule has 0 aromatic carbocycles. The van der Waals surface area contributed by atoms with Gasteiger partial charge in [0.1, 0.15) is 3.70 Å². The molecule has 1 fully saturated rings. The molecular formula is C10H14IN3. The molecule has 76 valence electrons. The van der Waals surface area contributed by atoms with Gasteiger partial charge in [-0.05, 0) is 41.4 Å². The first-order chi connectivity index (χ1) is 6.84. The highest BCUT2D eigenvalue weighted by Crippen LogP contribution is 2.32. The third-order valence-electron chi connectivity index (χ3n) is 3.03. The Morgan fingerprint density at radius 1 is 1.50 bits per heavy atom. The van der Waals surface area contributed by atoms with E-state index in [4.69, 9.17) is 5.10 Å². The van der Waals surface area contributed by atoms with Gasteiger partial charge >= 0.3 is 0 Å². The summed E-state index contributed by atoms with van der Waals surface area (Å²) in [6, 6.07) is 0. The lowest BCUT2D eigenvalue weighted by molar-refractivity contribution is 0.545. The van der Waals surface area contributed by atoms with E-state index in [9.17, 15) is 0 Å². The van der Waals surface area contributed by atoms with E-state index in [1.54, 1.807) is 0 Å². The third kappa shape index (κ3) is 1.58. The van der Waals surface area contributed by atoms with Gasteiger partial charge in [0.15, 0.2) is 0 Å². The normalized spacial score (nSPS) is 20.9. The van der Waals surface area contributed by atoms with Crippen molar-refractivity contribution in [3.05, 3.63) is 15.0 Å². The average Bonchev–Trinajstić information content (AvgIpc) is 2.95. The van der Waals surface area contributed by atoms with Crippen LogP contribution in [-0.2, 0) is 19.5 Å². The van der Waals surface area contributed by atoms with Crippen LogP contribution in [0.15, 0.2) is 0 Å². The summed E-state index contributed by atoms with van der Waals surface area (Å²) in [5, 5.41) is 8.11. The molecule has 0 unspecified atom stereocenters. The van der Waals surface area contributed by atoms with Gasteiger partial charge in [-0.25, -0.2) is 0 Å². The molecule has 1 N–H and O–H groups in total. The van der Waals surface area contributed by atoms with Crippen LogP contribution < -0.4 is 5.32 Å². The molecule has 0 bridgehead atoms. The fraction of sp³-hybridized carbons (Fsp3) is 0.700. The van der Waals surface area contributed by atoms with Crippen molar-refractivity contribution in [2.75, 3.05) is 6.54 Å². The quantitative estimate of drug-likeness (QED) is 0.840. The zero-order chi connectivity index (χ0) is 9.54. The lowest BCUT2D eigenvalue weighted by Gasteiger charge is -2.10. The zero-order valence-electron chi connectivity index (χ0n) is 8.09. The van der Waals surface area contributed by atoms with Gasteiger partial charge in [-0.3, -0.25) is 4.68 Å². The first-order valence-corrected chi connectivity index (χ1v) is 6.37. The molecule has 2 aliphatic rings. The Labute approximate surface area is 97.4 Å². The molecule has 1 aromatic rings. The van der Waals surface area contributed by atoms with Crippen molar-refractivity contribution in [2.24, 2.45) is 5.92 Å². The molecule has 4 heteroatoms. The second-order valence-corrected chi connectivity index (χ2v) is 5.29. The number of aromatic nitrogens is 2. The van der Waals surface area contributed by atoms with Crippen molar-refractivity contribution >= 4 is 22.6 Å². The summed E-state index contributed by atoms with van der Waals surface area (Å²) in [4.78, 5) is 0. The maximum absolute atomic E-state index is 4.70. The van der Waals surface area contributed by atoms with E-state index in [1.807, 2.05) is 0 Å². The van der Waals surface area contributed by atoms with Crippen LogP contribution >= 0.6 is 22.6 Å². The van der Waals surface area contributed by atoms with E-state index in [0.717, 1.165) is 32.0 Å². The Bertz CT molecular complexity index is 354. The highest BCUT2D eigenvalue weighted by atomic mass is 127. The molecule has 1 saturated carbocycles. The lowest BCUT2D eigenvalue weighted by atomic mass is 10.1. The Balaban J connectivity index is 1.91. The third-order valence-corrected chi connectivity index (χ3v) is 4.24. The predicted octanol–water partition coefficient (Wildman–Crippen LogP) is 1.54. The van der Waals surface area contributed by atoms with Crippen LogP contribution in [0.2, 0.25) is 0 Å². The van der Waals surface area contributed by atoms with Crippen molar-refractivity contribution < 1.29 is 0 Å². The van der Waals surface area contributed by atoms with E-state index in [2.05, 4.69) is 32.6 Å². The minimum Gasteiger partial charge on any atom is -0.312 e. The average molecular weight is 303 g/mol. The fourth-order valence-electron chi connectivity index (χ4n) is 1.99. The SMILES string of the molecule is Ic1c2c(nn1CC1CC1)CCNC2. The van der Waals surface area contributed by atoms with Gasteiger partial charge in [0.05, 0.1) is 5.69 Å². The summed E-state index contributed by atoms with van der Waals surface area (Å²) in [7, 11) is 0. The highest BCUT2D eigenvalue weighted by molar-refractivity contribution is 14.1. The van der Waals surface area contributed by atoms with Gasteiger partial charge in [-0.1, -0.05) is 0 Å². The largest absolute Gasteiger partial charge is 0.312 e. The number of nitrogens with zero attached hydrogens (tertiary/aromatic N) is 2. The molecule has 0 amide bonds. The van der Waals surface area contributed by atoms with Crippen LogP contribution in [0.1, 0.15) is 24.1 Å². The van der Waals surface area contributed by atoms with Gasteiger partial charge < -0.3 is 5.32 Å². The van der Waals surface area contributed by atoms with Crippen molar-refractivity contribution in [1.82, 2.24) is 15.1 Å². The molecular weight excluding hydrogens is 289 g/mol. The molecule has 0 radical (unpaired) electrons. The monoisotopic (exact) mass is 303 g/mol. The Morgan fingerprint density at radius 3 is 3.07 bits per heavy atom. The topological polar surface area (TPSA) is 29.9 Å². The number of fused-ring (bicyclic) bond motifs is 1. The number of nitrogens with one attached hydrogen (secondary N) is 1. The van der Waals surface area contributed by atoms with Crippen LogP contribution in [0.25, 0.3) is 0 Å². The van der Waals surface area contributed by atoms with Crippen molar-refractivity contribution in [2.45, 2.75) is 32.4 Å². The Kier molecular flexibility index (Phi) is 2.28. The maximum atomic E-state index is 4.70. The number of hydrogen-bond donors (Lipinski definition) is 1. The maximum Gasteiger partial charge on any atom is 0.104 e. The lowest BCUT2D eigenvalue weighted by Crippen LogP contribution is -2.23. The van der Waals surface area contributed by atoms with Gasteiger partial charge in [-0.2, -0.15) is 5.10 Å². The summed E-state index contributed by atoms with van der Waals surface area (Å²) in [6.45, 7) is 3.24. The molecule has 0 spiro atoms.